The number of hydrogen-bond acceptors (Lipinski definition) is 4. The first kappa shape index (κ1) is 15.2. The normalized spacial score (nSPS) is 18.9. The van der Waals surface area contributed by atoms with Gasteiger partial charge in [-0.1, -0.05) is 0 Å². The number of rotatable bonds is 2. The number of aliphatic carboxylic acids is 1. The summed E-state index contributed by atoms with van der Waals surface area (Å²) in [6, 6.07) is 0.0940. The van der Waals surface area contributed by atoms with Gasteiger partial charge in [0.1, 0.15) is 11.7 Å². The molecule has 1 aliphatic rings. The van der Waals surface area contributed by atoms with E-state index in [1.807, 2.05) is 0 Å². The zero-order chi connectivity index (χ0) is 15.8. The van der Waals surface area contributed by atoms with Crippen molar-refractivity contribution in [1.29, 1.82) is 0 Å². The maximum absolute atomic E-state index is 12.6. The molecule has 21 heavy (non-hydrogen) atoms. The Hall–Kier alpha value is -2.19. The van der Waals surface area contributed by atoms with E-state index in [2.05, 4.69) is 9.97 Å². The van der Waals surface area contributed by atoms with Crippen molar-refractivity contribution in [3.05, 3.63) is 23.3 Å². The number of aryl methyl sites for hydroxylation is 1. The van der Waals surface area contributed by atoms with Gasteiger partial charge in [0.15, 0.2) is 0 Å². The first-order chi connectivity index (χ1) is 9.70. The first-order valence-corrected chi connectivity index (χ1v) is 6.17. The van der Waals surface area contributed by atoms with E-state index in [-0.39, 0.29) is 18.7 Å². The fourth-order valence-electron chi connectivity index (χ4n) is 2.22. The molecule has 1 amide bonds. The highest BCUT2D eigenvalue weighted by atomic mass is 19.4. The maximum Gasteiger partial charge on any atom is 0.451 e. The zero-order valence-electron chi connectivity index (χ0n) is 11.0. The summed E-state index contributed by atoms with van der Waals surface area (Å²) in [5, 5.41) is 9.01. The SMILES string of the molecule is Cc1cc(C(=O)N2CCC[C@@H]2C(=O)O)nc(C(F)(F)F)n1. The van der Waals surface area contributed by atoms with E-state index in [0.717, 1.165) is 11.0 Å². The predicted octanol–water partition coefficient (Wildman–Crippen LogP) is 1.49. The van der Waals surface area contributed by atoms with Crippen molar-refractivity contribution in [2.75, 3.05) is 6.54 Å². The molecule has 0 aromatic carbocycles. The lowest BCUT2D eigenvalue weighted by molar-refractivity contribution is -0.145. The van der Waals surface area contributed by atoms with Gasteiger partial charge in [-0.05, 0) is 25.8 Å². The number of nitrogens with zero attached hydrogens (tertiary/aromatic N) is 3. The third kappa shape index (κ3) is 3.11. The molecule has 2 rings (SSSR count). The highest BCUT2D eigenvalue weighted by Crippen LogP contribution is 2.27. The lowest BCUT2D eigenvalue weighted by atomic mass is 10.2. The Morgan fingerprint density at radius 1 is 1.38 bits per heavy atom. The third-order valence-electron chi connectivity index (χ3n) is 3.13. The number of hydrogen-bond donors (Lipinski definition) is 1. The molecule has 1 aromatic rings. The number of amides is 1. The van der Waals surface area contributed by atoms with Crippen LogP contribution in [0.5, 0.6) is 0 Å². The van der Waals surface area contributed by atoms with Gasteiger partial charge in [0.25, 0.3) is 5.91 Å². The van der Waals surface area contributed by atoms with E-state index in [9.17, 15) is 22.8 Å². The largest absolute Gasteiger partial charge is 0.480 e. The first-order valence-electron chi connectivity index (χ1n) is 6.17. The third-order valence-corrected chi connectivity index (χ3v) is 3.13. The number of halogens is 3. The molecule has 1 aliphatic heterocycles. The minimum Gasteiger partial charge on any atom is -0.480 e. The van der Waals surface area contributed by atoms with Crippen LogP contribution in [0.3, 0.4) is 0 Å². The second-order valence-electron chi connectivity index (χ2n) is 4.71. The molecule has 1 atom stereocenters. The smallest absolute Gasteiger partial charge is 0.451 e. The Labute approximate surface area is 117 Å². The molecule has 114 valence electrons. The van der Waals surface area contributed by atoms with Crippen LogP contribution in [-0.4, -0.2) is 44.4 Å². The fraction of sp³-hybridized carbons (Fsp3) is 0.500. The van der Waals surface area contributed by atoms with Crippen LogP contribution in [0.1, 0.15) is 34.8 Å². The summed E-state index contributed by atoms with van der Waals surface area (Å²) in [5.41, 5.74) is -0.449. The van der Waals surface area contributed by atoms with Crippen LogP contribution < -0.4 is 0 Å². The van der Waals surface area contributed by atoms with Crippen molar-refractivity contribution < 1.29 is 27.9 Å². The molecule has 0 aliphatic carbocycles. The van der Waals surface area contributed by atoms with E-state index < -0.39 is 35.6 Å². The molecule has 0 saturated carbocycles. The monoisotopic (exact) mass is 303 g/mol. The molecular formula is C12H12F3N3O3. The van der Waals surface area contributed by atoms with Crippen LogP contribution in [0.2, 0.25) is 0 Å². The van der Waals surface area contributed by atoms with Crippen LogP contribution >= 0.6 is 0 Å². The lowest BCUT2D eigenvalue weighted by Crippen LogP contribution is -2.41. The molecule has 1 fully saturated rings. The predicted molar refractivity (Wildman–Crippen MR) is 63.5 cm³/mol. The Morgan fingerprint density at radius 2 is 2.05 bits per heavy atom. The number of carbonyl (C=O) groups excluding carboxylic acids is 1. The van der Waals surface area contributed by atoms with Crippen molar-refractivity contribution in [1.82, 2.24) is 14.9 Å². The van der Waals surface area contributed by atoms with Gasteiger partial charge in [0, 0.05) is 12.2 Å². The van der Waals surface area contributed by atoms with Gasteiger partial charge in [-0.25, -0.2) is 14.8 Å². The second kappa shape index (κ2) is 5.30. The minimum absolute atomic E-state index is 0.00764. The number of alkyl halides is 3. The molecule has 0 radical (unpaired) electrons. The van der Waals surface area contributed by atoms with Gasteiger partial charge < -0.3 is 10.0 Å². The molecule has 0 bridgehead atoms. The lowest BCUT2D eigenvalue weighted by Gasteiger charge is -2.21. The molecule has 6 nitrogen and oxygen atoms in total. The van der Waals surface area contributed by atoms with Gasteiger partial charge in [-0.3, -0.25) is 4.79 Å². The number of likely N-dealkylation sites (tertiary alicyclic amines) is 1. The summed E-state index contributed by atoms with van der Waals surface area (Å²) in [6.45, 7) is 1.49. The molecule has 1 N–H and O–H groups in total. The molecule has 1 saturated heterocycles. The fourth-order valence-corrected chi connectivity index (χ4v) is 2.22. The van der Waals surface area contributed by atoms with Crippen molar-refractivity contribution in [3.8, 4) is 0 Å². The van der Waals surface area contributed by atoms with Crippen molar-refractivity contribution in [2.45, 2.75) is 32.0 Å². The summed E-state index contributed by atoms with van der Waals surface area (Å²) in [5.74, 6) is -3.41. The highest BCUT2D eigenvalue weighted by Gasteiger charge is 2.38. The van der Waals surface area contributed by atoms with Crippen molar-refractivity contribution >= 4 is 11.9 Å². The van der Waals surface area contributed by atoms with E-state index >= 15 is 0 Å². The summed E-state index contributed by atoms with van der Waals surface area (Å²) >= 11 is 0. The molecule has 1 aromatic heterocycles. The van der Waals surface area contributed by atoms with E-state index in [4.69, 9.17) is 5.11 Å². The van der Waals surface area contributed by atoms with Crippen LogP contribution in [0.15, 0.2) is 6.07 Å². The standard InChI is InChI=1S/C12H12F3N3O3/c1-6-5-7(17-11(16-6)12(13,14)15)9(19)18-4-2-3-8(18)10(20)21/h5,8H,2-4H2,1H3,(H,20,21)/t8-/m1/s1. The molecular weight excluding hydrogens is 291 g/mol. The van der Waals surface area contributed by atoms with Gasteiger partial charge in [0.2, 0.25) is 5.82 Å². The maximum atomic E-state index is 12.6. The Morgan fingerprint density at radius 3 is 2.62 bits per heavy atom. The van der Waals surface area contributed by atoms with E-state index in [0.29, 0.717) is 6.42 Å². The quantitative estimate of drug-likeness (QED) is 0.895. The van der Waals surface area contributed by atoms with Crippen molar-refractivity contribution in [3.63, 3.8) is 0 Å². The van der Waals surface area contributed by atoms with Crippen molar-refractivity contribution in [2.24, 2.45) is 0 Å². The van der Waals surface area contributed by atoms with Crippen LogP contribution in [0.4, 0.5) is 13.2 Å². The van der Waals surface area contributed by atoms with Gasteiger partial charge in [-0.15, -0.1) is 0 Å². The number of carboxylic acids is 1. The number of aromatic nitrogens is 2. The van der Waals surface area contributed by atoms with Crippen LogP contribution in [0, 0.1) is 6.92 Å². The summed E-state index contributed by atoms with van der Waals surface area (Å²) in [4.78, 5) is 30.7. The highest BCUT2D eigenvalue weighted by molar-refractivity contribution is 5.95. The van der Waals surface area contributed by atoms with Crippen LogP contribution in [0.25, 0.3) is 0 Å². The summed E-state index contributed by atoms with van der Waals surface area (Å²) in [6.07, 6.45) is -4.01. The average Bonchev–Trinajstić information content (AvgIpc) is 2.85. The van der Waals surface area contributed by atoms with E-state index in [1.54, 1.807) is 0 Å². The Kier molecular flexibility index (Phi) is 3.84. The topological polar surface area (TPSA) is 83.4 Å². The van der Waals surface area contributed by atoms with Crippen LogP contribution in [-0.2, 0) is 11.0 Å². The summed E-state index contributed by atoms with van der Waals surface area (Å²) in [7, 11) is 0. The average molecular weight is 303 g/mol. The van der Waals surface area contributed by atoms with Gasteiger partial charge >= 0.3 is 12.1 Å². The molecule has 0 unspecified atom stereocenters. The summed E-state index contributed by atoms with van der Waals surface area (Å²) < 4.78 is 37.9. The molecule has 2 heterocycles. The van der Waals surface area contributed by atoms with Gasteiger partial charge in [0.05, 0.1) is 0 Å². The van der Waals surface area contributed by atoms with Gasteiger partial charge in [-0.2, -0.15) is 13.2 Å². The Bertz CT molecular complexity index is 589. The second-order valence-corrected chi connectivity index (χ2v) is 4.71. The number of carboxylic acid groups (broad SMARTS) is 1. The minimum atomic E-state index is -4.77. The zero-order valence-corrected chi connectivity index (χ0v) is 11.0. The number of carbonyl (C=O) groups is 2. The molecule has 9 heteroatoms. The van der Waals surface area contributed by atoms with E-state index in [1.165, 1.54) is 6.92 Å². The Balaban J connectivity index is 2.35. The molecule has 0 spiro atoms.